The molecule has 4 amide bonds. The first-order valence-corrected chi connectivity index (χ1v) is 33.5. The van der Waals surface area contributed by atoms with Crippen molar-refractivity contribution < 1.29 is 19.2 Å². The molecule has 76 heavy (non-hydrogen) atoms. The lowest BCUT2D eigenvalue weighted by Crippen LogP contribution is -2.53. The predicted molar refractivity (Wildman–Crippen MR) is 325 cm³/mol. The number of carbonyl (C=O) groups is 4. The zero-order valence-electron chi connectivity index (χ0n) is 51.8. The molecule has 2 rings (SSSR count). The molecule has 4 atom stereocenters. The van der Waals surface area contributed by atoms with Gasteiger partial charge in [0.2, 0.25) is 23.6 Å². The topological polar surface area (TPSA) is 105 Å². The number of nitrogens with one attached hydrogen (secondary N) is 2. The number of nitrogens with zero attached hydrogens (tertiary/aromatic N) is 4. The fourth-order valence-corrected chi connectivity index (χ4v) is 12.5. The van der Waals surface area contributed by atoms with Gasteiger partial charge in [-0.15, -0.1) is 0 Å². The Balaban J connectivity index is 1.78. The van der Waals surface area contributed by atoms with Gasteiger partial charge >= 0.3 is 0 Å². The van der Waals surface area contributed by atoms with E-state index in [1.54, 1.807) is 0 Å². The second-order valence-corrected chi connectivity index (χ2v) is 25.1. The van der Waals surface area contributed by atoms with E-state index in [1.165, 1.54) is 180 Å². The third-order valence-electron chi connectivity index (χ3n) is 17.6. The maximum atomic E-state index is 14.0. The maximum Gasteiger partial charge on any atom is 0.243 e. The SMILES string of the molecule is CCCCCCCCCCCCCCCCCC(=O)N(CCC1CCCN1C)C(C(=O)NCCCCCCNC(=O)C(C(C)C)N(CCC1CCCN1C)C(=O)CCCCCCCCCCCCCCCCC)C(C)C. The van der Waals surface area contributed by atoms with Gasteiger partial charge in [0.05, 0.1) is 0 Å². The number of hydrogen-bond acceptors (Lipinski definition) is 6. The second-order valence-electron chi connectivity index (χ2n) is 25.1. The summed E-state index contributed by atoms with van der Waals surface area (Å²) in [7, 11) is 4.39. The van der Waals surface area contributed by atoms with Crippen LogP contribution in [0.3, 0.4) is 0 Å². The van der Waals surface area contributed by atoms with E-state index < -0.39 is 12.1 Å². The summed E-state index contributed by atoms with van der Waals surface area (Å²) in [4.78, 5) is 64.7. The van der Waals surface area contributed by atoms with Crippen molar-refractivity contribution >= 4 is 23.6 Å². The zero-order valence-corrected chi connectivity index (χ0v) is 51.8. The van der Waals surface area contributed by atoms with Crippen LogP contribution in [0.2, 0.25) is 0 Å². The maximum absolute atomic E-state index is 14.0. The Morgan fingerprint density at radius 3 is 0.921 bits per heavy atom. The monoisotopic (exact) mass is 1070 g/mol. The fraction of sp³-hybridized carbons (Fsp3) is 0.939. The molecule has 4 unspecified atom stereocenters. The summed E-state index contributed by atoms with van der Waals surface area (Å²) in [6, 6.07) is 0.0113. The standard InChI is InChI=1S/C66H128N6O4/c1-9-11-13-15-17-19-21-23-25-27-29-31-33-35-39-47-61(73)71(55-49-59-45-43-53-69(59)7)63(57(3)4)65(75)67-51-41-37-38-42-52-68-66(76)64(58(5)6)72(56-50-60-46-44-54-70(60)8)62(74)48-40-36-34-32-30-28-26-24-22-20-18-16-14-12-10-2/h57-60,63-64H,9-56H2,1-8H3,(H,67,75)(H,68,76). The normalized spacial score (nSPS) is 17.0. The van der Waals surface area contributed by atoms with E-state index in [2.05, 4.69) is 76.1 Å². The minimum absolute atomic E-state index is 0.0220. The molecule has 0 spiro atoms. The van der Waals surface area contributed by atoms with E-state index in [0.717, 1.165) is 90.1 Å². The summed E-state index contributed by atoms with van der Waals surface area (Å²) < 4.78 is 0. The molecule has 2 saturated heterocycles. The summed E-state index contributed by atoms with van der Waals surface area (Å²) >= 11 is 0. The van der Waals surface area contributed by atoms with Gasteiger partial charge < -0.3 is 30.2 Å². The van der Waals surface area contributed by atoms with Crippen molar-refractivity contribution in [3.8, 4) is 0 Å². The largest absolute Gasteiger partial charge is 0.354 e. The van der Waals surface area contributed by atoms with Crippen molar-refractivity contribution in [1.82, 2.24) is 30.2 Å². The zero-order chi connectivity index (χ0) is 55.4. The first kappa shape index (κ1) is 69.9. The fourth-order valence-electron chi connectivity index (χ4n) is 12.5. The molecule has 2 aliphatic rings. The quantitative estimate of drug-likeness (QED) is 0.0588. The van der Waals surface area contributed by atoms with Crippen LogP contribution in [-0.4, -0.2) is 121 Å². The first-order valence-electron chi connectivity index (χ1n) is 33.5. The van der Waals surface area contributed by atoms with Crippen LogP contribution in [0.5, 0.6) is 0 Å². The van der Waals surface area contributed by atoms with Gasteiger partial charge in [-0.3, -0.25) is 19.2 Å². The first-order chi connectivity index (χ1) is 36.9. The van der Waals surface area contributed by atoms with Crippen LogP contribution < -0.4 is 10.6 Å². The number of unbranched alkanes of at least 4 members (excludes halogenated alkanes) is 31. The van der Waals surface area contributed by atoms with Gasteiger partial charge in [0.25, 0.3) is 0 Å². The Morgan fingerprint density at radius 1 is 0.408 bits per heavy atom. The second kappa shape index (κ2) is 46.5. The molecule has 0 aliphatic carbocycles. The van der Waals surface area contributed by atoms with E-state index in [0.29, 0.717) is 51.1 Å². The molecule has 0 aromatic rings. The Labute approximate surface area is 471 Å². The number of likely N-dealkylation sites (tertiary alicyclic amines) is 2. The molecule has 0 saturated carbocycles. The molecule has 10 heteroatoms. The molecule has 0 radical (unpaired) electrons. The van der Waals surface area contributed by atoms with E-state index in [-0.39, 0.29) is 35.5 Å². The number of amides is 4. The van der Waals surface area contributed by atoms with E-state index >= 15 is 0 Å². The molecular weight excluding hydrogens is 941 g/mol. The molecule has 2 N–H and O–H groups in total. The van der Waals surface area contributed by atoms with E-state index in [1.807, 2.05) is 9.80 Å². The highest BCUT2D eigenvalue weighted by Crippen LogP contribution is 2.24. The molecule has 2 fully saturated rings. The highest BCUT2D eigenvalue weighted by Gasteiger charge is 2.35. The molecule has 2 aliphatic heterocycles. The van der Waals surface area contributed by atoms with Crippen LogP contribution in [-0.2, 0) is 19.2 Å². The average molecular weight is 1070 g/mol. The van der Waals surface area contributed by atoms with Crippen molar-refractivity contribution in [3.63, 3.8) is 0 Å². The van der Waals surface area contributed by atoms with Crippen LogP contribution in [0, 0.1) is 11.8 Å². The van der Waals surface area contributed by atoms with Crippen molar-refractivity contribution in [1.29, 1.82) is 0 Å². The Morgan fingerprint density at radius 2 is 0.671 bits per heavy atom. The minimum atomic E-state index is -0.464. The van der Waals surface area contributed by atoms with Gasteiger partial charge in [-0.2, -0.15) is 0 Å². The summed E-state index contributed by atoms with van der Waals surface area (Å²) in [5, 5.41) is 6.48. The summed E-state index contributed by atoms with van der Waals surface area (Å²) in [5.41, 5.74) is 0. The summed E-state index contributed by atoms with van der Waals surface area (Å²) in [6.45, 7) is 17.6. The Bertz CT molecular complexity index is 1320. The van der Waals surface area contributed by atoms with Gasteiger partial charge in [-0.25, -0.2) is 0 Å². The molecule has 0 aromatic heterocycles. The number of rotatable bonds is 51. The molecule has 0 bridgehead atoms. The number of carbonyl (C=O) groups excluding carboxylic acids is 4. The van der Waals surface area contributed by atoms with Crippen molar-refractivity contribution in [2.24, 2.45) is 11.8 Å². The smallest absolute Gasteiger partial charge is 0.243 e. The van der Waals surface area contributed by atoms with Crippen LogP contribution in [0.4, 0.5) is 0 Å². The molecule has 446 valence electrons. The van der Waals surface area contributed by atoms with Gasteiger partial charge in [0.1, 0.15) is 12.1 Å². The van der Waals surface area contributed by atoms with Crippen molar-refractivity contribution in [2.45, 2.75) is 335 Å². The van der Waals surface area contributed by atoms with E-state index in [9.17, 15) is 19.2 Å². The Kier molecular flexibility index (Phi) is 42.8. The predicted octanol–water partition coefficient (Wildman–Crippen LogP) is 16.0. The third kappa shape index (κ3) is 32.8. The van der Waals surface area contributed by atoms with E-state index in [4.69, 9.17) is 0 Å². The average Bonchev–Trinajstić information content (AvgIpc) is 4.02. The number of hydrogen-bond donors (Lipinski definition) is 2. The highest BCUT2D eigenvalue weighted by atomic mass is 16.2. The third-order valence-corrected chi connectivity index (χ3v) is 17.6. The minimum Gasteiger partial charge on any atom is -0.354 e. The van der Waals surface area contributed by atoms with Gasteiger partial charge in [0.15, 0.2) is 0 Å². The van der Waals surface area contributed by atoms with Gasteiger partial charge in [-0.1, -0.05) is 234 Å². The molecular formula is C66H128N6O4. The summed E-state index contributed by atoms with van der Waals surface area (Å²) in [5.74, 6) is 0.275. The van der Waals surface area contributed by atoms with Crippen molar-refractivity contribution in [3.05, 3.63) is 0 Å². The van der Waals surface area contributed by atoms with Crippen LogP contribution in [0.25, 0.3) is 0 Å². The van der Waals surface area contributed by atoms with Crippen molar-refractivity contribution in [2.75, 3.05) is 53.4 Å². The lowest BCUT2D eigenvalue weighted by atomic mass is 9.98. The van der Waals surface area contributed by atoms with Crippen LogP contribution in [0.15, 0.2) is 0 Å². The van der Waals surface area contributed by atoms with Gasteiger partial charge in [-0.05, 0) is 103 Å². The lowest BCUT2D eigenvalue weighted by molar-refractivity contribution is -0.142. The van der Waals surface area contributed by atoms with Crippen LogP contribution >= 0.6 is 0 Å². The molecule has 2 heterocycles. The van der Waals surface area contributed by atoms with Crippen LogP contribution in [0.1, 0.15) is 311 Å². The molecule has 10 nitrogen and oxygen atoms in total. The van der Waals surface area contributed by atoms with Gasteiger partial charge in [0, 0.05) is 51.1 Å². The lowest BCUT2D eigenvalue weighted by Gasteiger charge is -2.35. The Hall–Kier alpha value is -2.20. The molecule has 0 aromatic carbocycles. The highest BCUT2D eigenvalue weighted by molar-refractivity contribution is 5.88. The summed E-state index contributed by atoms with van der Waals surface area (Å²) in [6.07, 6.45) is 50.3.